The lowest BCUT2D eigenvalue weighted by molar-refractivity contribution is 0.293. The summed E-state index contributed by atoms with van der Waals surface area (Å²) in [5.74, 6) is 1.54. The lowest BCUT2D eigenvalue weighted by Gasteiger charge is -2.12. The SMILES string of the molecule is CCCCCCCCCCCCOc1cc(OCCCCCCCCCCCC)c2cc1[nH]c(=O)c1cncc(c1)[nH]c(=O)c1cc([nH]c(=O)c3cncc(c3)[nH]c(=O)c3cc([nH]c(=O)c4cncc(c4)[nH]c2=O)c(OCCCCCCCCCCCC)cc3OCCCCCCCCCCCC)c(OCCCCCCCCCCCC)cc1OCCCCCCCCCCCC. The average molecular weight is 1820 g/mol. The van der Waals surface area contributed by atoms with E-state index in [1.54, 1.807) is 36.4 Å². The third kappa shape index (κ3) is 45.6. The maximum absolute atomic E-state index is 15.4. The van der Waals surface area contributed by atoms with Crippen LogP contribution in [0.2, 0.25) is 0 Å². The van der Waals surface area contributed by atoms with Gasteiger partial charge in [0.2, 0.25) is 0 Å². The number of nitrogens with zero attached hydrogens (tertiary/aromatic N) is 3. The number of nitrogens with one attached hydrogen (secondary N) is 6. The number of H-pyrrole nitrogens is 6. The molecule has 0 aliphatic carbocycles. The third-order valence-corrected chi connectivity index (χ3v) is 25.0. The smallest absolute Gasteiger partial charge is 0.259 e. The Morgan fingerprint density at radius 3 is 0.530 bits per heavy atom. The molecule has 0 radical (unpaired) electrons. The van der Waals surface area contributed by atoms with Crippen LogP contribution in [0.25, 0.3) is 65.4 Å². The molecule has 4 aromatic heterocycles. The number of aromatic amines is 6. The third-order valence-electron chi connectivity index (χ3n) is 25.0. The van der Waals surface area contributed by atoms with E-state index < -0.39 is 33.4 Å². The highest BCUT2D eigenvalue weighted by atomic mass is 16.5. The molecule has 3 aromatic carbocycles. The number of hydrogen-bond donors (Lipinski definition) is 6. The lowest BCUT2D eigenvalue weighted by Crippen LogP contribution is -2.10. The number of unbranched alkanes of at least 4 members (excludes halogenated alkanes) is 54. The van der Waals surface area contributed by atoms with Gasteiger partial charge in [0.05, 0.1) is 124 Å². The van der Waals surface area contributed by atoms with Crippen LogP contribution in [0, 0.1) is 0 Å². The average Bonchev–Trinajstić information content (AvgIpc) is 0.805. The number of benzene rings is 3. The molecule has 132 heavy (non-hydrogen) atoms. The first-order chi connectivity index (χ1) is 64.9. The Kier molecular flexibility index (Phi) is 58.5. The molecule has 732 valence electrons. The quantitative estimate of drug-likeness (QED) is 0.0193. The molecule has 0 aliphatic rings. The van der Waals surface area contributed by atoms with Crippen molar-refractivity contribution in [3.63, 3.8) is 0 Å². The van der Waals surface area contributed by atoms with E-state index in [4.69, 9.17) is 28.4 Å². The van der Waals surface area contributed by atoms with Gasteiger partial charge in [0.1, 0.15) is 34.5 Å². The van der Waals surface area contributed by atoms with Crippen LogP contribution in [-0.2, 0) is 0 Å². The summed E-state index contributed by atoms with van der Waals surface area (Å²) in [5.41, 5.74) is -2.65. The molecule has 12 bridgehead atoms. The van der Waals surface area contributed by atoms with Crippen LogP contribution < -0.4 is 61.8 Å². The zero-order chi connectivity index (χ0) is 93.7. The predicted molar refractivity (Wildman–Crippen MR) is 552 cm³/mol. The first-order valence-electron chi connectivity index (χ1n) is 52.9. The summed E-state index contributed by atoms with van der Waals surface area (Å²) in [4.78, 5) is 123. The molecule has 21 nitrogen and oxygen atoms in total. The molecule has 0 unspecified atom stereocenters. The normalized spacial score (nSPS) is 11.3. The summed E-state index contributed by atoms with van der Waals surface area (Å²) >= 11 is 0. The van der Waals surface area contributed by atoms with E-state index in [0.717, 1.165) is 154 Å². The fourth-order valence-electron chi connectivity index (χ4n) is 16.9. The first-order valence-corrected chi connectivity index (χ1v) is 52.9. The predicted octanol–water partition coefficient (Wildman–Crippen LogP) is 29.8. The summed E-state index contributed by atoms with van der Waals surface area (Å²) in [6, 6.07) is 14.2. The maximum Gasteiger partial charge on any atom is 0.259 e. The van der Waals surface area contributed by atoms with Crippen LogP contribution >= 0.6 is 0 Å². The van der Waals surface area contributed by atoms with Crippen molar-refractivity contribution in [2.75, 3.05) is 39.6 Å². The van der Waals surface area contributed by atoms with Gasteiger partial charge in [0.15, 0.2) is 0 Å². The summed E-state index contributed by atoms with van der Waals surface area (Å²) in [6.07, 6.45) is 76.1. The van der Waals surface area contributed by atoms with Crippen molar-refractivity contribution in [1.82, 2.24) is 44.9 Å². The van der Waals surface area contributed by atoms with Gasteiger partial charge in [-0.2, -0.15) is 0 Å². The Morgan fingerprint density at radius 1 is 0.182 bits per heavy atom. The number of hydrogen-bond acceptors (Lipinski definition) is 15. The second-order valence-corrected chi connectivity index (χ2v) is 36.8. The van der Waals surface area contributed by atoms with E-state index in [1.165, 1.54) is 287 Å². The highest BCUT2D eigenvalue weighted by Crippen LogP contribution is 2.33. The Bertz CT molecular complexity index is 4590. The highest BCUT2D eigenvalue weighted by Gasteiger charge is 2.16. The van der Waals surface area contributed by atoms with Crippen LogP contribution in [0.4, 0.5) is 0 Å². The molecule has 6 N–H and O–H groups in total. The highest BCUT2D eigenvalue weighted by molar-refractivity contribution is 5.80. The van der Waals surface area contributed by atoms with Gasteiger partial charge in [0.25, 0.3) is 33.4 Å². The summed E-state index contributed by atoms with van der Waals surface area (Å²) in [6.45, 7) is 15.3. The van der Waals surface area contributed by atoms with E-state index in [-0.39, 0.29) is 99.9 Å². The van der Waals surface area contributed by atoms with E-state index in [2.05, 4.69) is 86.4 Å². The molecule has 21 heteroatoms. The zero-order valence-corrected chi connectivity index (χ0v) is 82.6. The standard InChI is InChI=1S/C111H171N9O12/c1-7-13-19-25-31-37-43-49-55-61-67-127-100-79-103(130-70-64-58-52-46-40-34-28-22-16-10-4)97-76-94(100)109(124)115-91-73-88(82-112-85-91)107(122)119-98-77-95(101(128-68-62-56-50-44-38-32-26-20-14-8-2)80-104(98)131-71-65-59-53-47-41-35-29-23-17-11-5)111(126)117-93-75-90(84-114-87-93)108(123)120-99-78-96(110(125)116-92-74-89(83-113-86-92)106(121)118-97)102(129-69-63-57-51-45-39-33-27-21-15-9-3)81-105(99)132-72-66-60-54-48-42-36-30-24-18-12-6/h73-87H,7-72H2,1-6H3,(H,115,124)(H,116,125)(H,117,126)(H,118,121)(H,119,122)(H,120,123). The van der Waals surface area contributed by atoms with E-state index in [0.29, 0.717) is 39.6 Å². The molecule has 0 saturated carbocycles. The molecule has 4 heterocycles. The minimum absolute atomic E-state index is 0.0716. The van der Waals surface area contributed by atoms with Crippen molar-refractivity contribution in [1.29, 1.82) is 0 Å². The van der Waals surface area contributed by atoms with Crippen LogP contribution in [-0.4, -0.2) is 84.5 Å². The van der Waals surface area contributed by atoms with Crippen LogP contribution in [0.15, 0.2) is 121 Å². The van der Waals surface area contributed by atoms with Crippen LogP contribution in [0.3, 0.4) is 0 Å². The monoisotopic (exact) mass is 1820 g/mol. The Morgan fingerprint density at radius 2 is 0.348 bits per heavy atom. The Hall–Kier alpha value is -9.27. The maximum atomic E-state index is 15.4. The Balaban J connectivity index is 1.49. The van der Waals surface area contributed by atoms with Gasteiger partial charge in [-0.15, -0.1) is 0 Å². The van der Waals surface area contributed by atoms with Gasteiger partial charge in [-0.3, -0.25) is 43.7 Å². The number of fused-ring (bicyclic) bond motifs is 12. The van der Waals surface area contributed by atoms with Gasteiger partial charge < -0.3 is 58.3 Å². The lowest BCUT2D eigenvalue weighted by atomic mass is 10.1. The molecule has 7 aromatic rings. The molecule has 0 saturated heterocycles. The van der Waals surface area contributed by atoms with Gasteiger partial charge in [-0.05, 0) is 74.9 Å². The fraction of sp³-hybridized carbons (Fsp3) is 0.649. The van der Waals surface area contributed by atoms with Crippen molar-refractivity contribution in [2.24, 2.45) is 0 Å². The summed E-state index contributed by atoms with van der Waals surface area (Å²) in [5, 5.41) is 0.430. The molecule has 0 atom stereocenters. The molecule has 0 spiro atoms. The first kappa shape index (κ1) is 110. The number of ether oxygens (including phenoxy) is 6. The summed E-state index contributed by atoms with van der Waals surface area (Å²) < 4.78 is 40.0. The number of pyridine rings is 3. The second-order valence-electron chi connectivity index (χ2n) is 36.8. The number of aromatic nitrogens is 9. The molecule has 0 amide bonds. The number of rotatable bonds is 72. The van der Waals surface area contributed by atoms with Crippen molar-refractivity contribution in [2.45, 2.75) is 427 Å². The van der Waals surface area contributed by atoms with E-state index in [9.17, 15) is 0 Å². The zero-order valence-electron chi connectivity index (χ0n) is 82.6. The minimum Gasteiger partial charge on any atom is -0.493 e. The molecular weight excluding hydrogens is 1650 g/mol. The summed E-state index contributed by atoms with van der Waals surface area (Å²) in [7, 11) is 0. The molecule has 0 fully saturated rings. The Labute approximate surface area is 789 Å². The minimum atomic E-state index is -0.620. The van der Waals surface area contributed by atoms with Crippen molar-refractivity contribution in [3.05, 3.63) is 154 Å². The van der Waals surface area contributed by atoms with Gasteiger partial charge in [-0.25, -0.2) is 0 Å². The fourth-order valence-corrected chi connectivity index (χ4v) is 16.9. The molecule has 7 rings (SSSR count). The topological polar surface area (TPSA) is 291 Å². The molecular formula is C111H171N9O12. The van der Waals surface area contributed by atoms with Crippen LogP contribution in [0.1, 0.15) is 427 Å². The van der Waals surface area contributed by atoms with E-state index >= 15 is 28.8 Å². The van der Waals surface area contributed by atoms with Crippen LogP contribution in [0.5, 0.6) is 34.5 Å². The van der Waals surface area contributed by atoms with Gasteiger partial charge >= 0.3 is 0 Å². The van der Waals surface area contributed by atoms with Gasteiger partial charge in [-0.1, -0.05) is 388 Å². The van der Waals surface area contributed by atoms with Crippen molar-refractivity contribution >= 4 is 65.4 Å². The van der Waals surface area contributed by atoms with Crippen molar-refractivity contribution < 1.29 is 28.4 Å². The largest absolute Gasteiger partial charge is 0.493 e. The second kappa shape index (κ2) is 70.4. The van der Waals surface area contributed by atoms with Crippen molar-refractivity contribution in [3.8, 4) is 34.5 Å². The van der Waals surface area contributed by atoms with Gasteiger partial charge in [0, 0.05) is 36.8 Å². The van der Waals surface area contributed by atoms with E-state index in [1.807, 2.05) is 0 Å². The molecule has 0 aliphatic heterocycles.